The summed E-state index contributed by atoms with van der Waals surface area (Å²) in [5.41, 5.74) is 6.18. The third-order valence-corrected chi connectivity index (χ3v) is 8.51. The minimum atomic E-state index is -0.835. The van der Waals surface area contributed by atoms with Gasteiger partial charge in [-0.15, -0.1) is 5.10 Å². The molecule has 210 valence electrons. The zero-order valence-corrected chi connectivity index (χ0v) is 24.0. The van der Waals surface area contributed by atoms with Gasteiger partial charge in [0.1, 0.15) is 23.0 Å². The van der Waals surface area contributed by atoms with Crippen molar-refractivity contribution in [2.75, 3.05) is 18.8 Å². The van der Waals surface area contributed by atoms with Gasteiger partial charge in [-0.1, -0.05) is 53.2 Å². The van der Waals surface area contributed by atoms with E-state index in [0.717, 1.165) is 35.0 Å². The molecule has 1 atom stereocenters. The van der Waals surface area contributed by atoms with Gasteiger partial charge in [0.2, 0.25) is 5.91 Å². The van der Waals surface area contributed by atoms with Crippen LogP contribution in [0.15, 0.2) is 57.7 Å². The van der Waals surface area contributed by atoms with E-state index in [1.54, 1.807) is 17.1 Å². The summed E-state index contributed by atoms with van der Waals surface area (Å²) in [5.74, 6) is -0.185. The predicted molar refractivity (Wildman–Crippen MR) is 151 cm³/mol. The normalized spacial score (nSPS) is 17.5. The number of piperidine rings is 1. The van der Waals surface area contributed by atoms with E-state index in [4.69, 9.17) is 10.2 Å². The number of nitrogen functional groups attached to an aromatic ring is 1. The summed E-state index contributed by atoms with van der Waals surface area (Å²) in [5, 5.41) is 8.38. The second-order valence-corrected chi connectivity index (χ2v) is 11.5. The van der Waals surface area contributed by atoms with E-state index >= 15 is 0 Å². The highest BCUT2D eigenvalue weighted by molar-refractivity contribution is 9.10. The average Bonchev–Trinajstić information content (AvgIpc) is 3.60. The quantitative estimate of drug-likeness (QED) is 0.240. The number of benzene rings is 2. The summed E-state index contributed by atoms with van der Waals surface area (Å²) in [6.45, 7) is 6.08. The van der Waals surface area contributed by atoms with Crippen LogP contribution in [0.4, 0.5) is 14.5 Å². The Kier molecular flexibility index (Phi) is 8.02. The van der Waals surface area contributed by atoms with Crippen LogP contribution in [0.5, 0.6) is 0 Å². The second kappa shape index (κ2) is 11.5. The van der Waals surface area contributed by atoms with E-state index in [9.17, 15) is 13.6 Å². The van der Waals surface area contributed by atoms with E-state index in [0.29, 0.717) is 49.8 Å². The minimum absolute atomic E-state index is 0.0532. The molecule has 0 saturated carbocycles. The molecule has 1 saturated heterocycles. The average molecular weight is 614 g/mol. The molecule has 1 aliphatic heterocycles. The van der Waals surface area contributed by atoms with Crippen molar-refractivity contribution in [3.8, 4) is 22.6 Å². The molecule has 1 unspecified atom stereocenters. The number of carbonyl (C=O) groups excluding carboxylic acids is 1. The number of rotatable bonds is 8. The zero-order valence-electron chi connectivity index (χ0n) is 22.4. The summed E-state index contributed by atoms with van der Waals surface area (Å²) in [7, 11) is 0. The highest BCUT2D eigenvalue weighted by Crippen LogP contribution is 2.39. The Morgan fingerprint density at radius 2 is 1.98 bits per heavy atom. The van der Waals surface area contributed by atoms with Crippen molar-refractivity contribution in [1.82, 2.24) is 24.9 Å². The summed E-state index contributed by atoms with van der Waals surface area (Å²) in [6.07, 6.45) is 5.86. The number of oxazole rings is 1. The Morgan fingerprint density at radius 3 is 2.70 bits per heavy atom. The topological polar surface area (TPSA) is 103 Å². The molecule has 3 heterocycles. The number of likely N-dealkylation sites (tertiary alicyclic amines) is 1. The van der Waals surface area contributed by atoms with Gasteiger partial charge in [0.15, 0.2) is 11.7 Å². The Bertz CT molecular complexity index is 1500. The molecule has 5 rings (SSSR count). The van der Waals surface area contributed by atoms with Crippen LogP contribution in [0.2, 0.25) is 0 Å². The van der Waals surface area contributed by atoms with Gasteiger partial charge in [0.25, 0.3) is 0 Å². The van der Waals surface area contributed by atoms with Crippen LogP contribution >= 0.6 is 15.9 Å². The Hall–Kier alpha value is -3.60. The Labute approximate surface area is 239 Å². The lowest BCUT2D eigenvalue weighted by Crippen LogP contribution is -2.50. The van der Waals surface area contributed by atoms with Gasteiger partial charge in [0, 0.05) is 46.9 Å². The summed E-state index contributed by atoms with van der Waals surface area (Å²) in [6, 6.07) is 10.1. The number of aromatic nitrogens is 4. The van der Waals surface area contributed by atoms with Gasteiger partial charge in [-0.3, -0.25) is 9.48 Å². The van der Waals surface area contributed by atoms with E-state index in [1.165, 1.54) is 0 Å². The highest BCUT2D eigenvalue weighted by atomic mass is 79.9. The van der Waals surface area contributed by atoms with E-state index < -0.39 is 17.3 Å². The molecule has 1 aliphatic rings. The molecule has 1 amide bonds. The number of hydrogen-bond acceptors (Lipinski definition) is 6. The van der Waals surface area contributed by atoms with E-state index in [1.807, 2.05) is 29.2 Å². The van der Waals surface area contributed by atoms with Crippen LogP contribution in [-0.2, 0) is 17.8 Å². The number of carbonyl (C=O) groups is 1. The fourth-order valence-corrected chi connectivity index (χ4v) is 5.78. The minimum Gasteiger partial charge on any atom is -0.441 e. The maximum atomic E-state index is 14.0. The van der Waals surface area contributed by atoms with Gasteiger partial charge in [-0.05, 0) is 37.0 Å². The molecule has 2 N–H and O–H groups in total. The fraction of sp³-hybridized carbons (Fsp3) is 0.379. The Morgan fingerprint density at radius 1 is 1.23 bits per heavy atom. The maximum absolute atomic E-state index is 14.0. The molecule has 40 heavy (non-hydrogen) atoms. The molecule has 0 aliphatic carbocycles. The summed E-state index contributed by atoms with van der Waals surface area (Å²) in [4.78, 5) is 19.6. The summed E-state index contributed by atoms with van der Waals surface area (Å²) < 4.78 is 36.5. The Balaban J connectivity index is 1.25. The third kappa shape index (κ3) is 5.79. The van der Waals surface area contributed by atoms with Gasteiger partial charge in [0.05, 0.1) is 18.9 Å². The van der Waals surface area contributed by atoms with Crippen LogP contribution < -0.4 is 5.73 Å². The molecular formula is C29H31BrF2N6O2. The number of anilines is 1. The van der Waals surface area contributed by atoms with Crippen molar-refractivity contribution >= 4 is 27.5 Å². The number of amides is 1. The number of hydrogen-bond donors (Lipinski definition) is 1. The molecule has 2 aromatic carbocycles. The van der Waals surface area contributed by atoms with Crippen molar-refractivity contribution in [1.29, 1.82) is 0 Å². The SMILES string of the molecule is CC(C)C1(Cn2cc(-c3cc(F)c(N)c(F)c3)nn2)CCCN(C(=O)CCc2ncc(-c3ccccc3Br)o2)C1. The first kappa shape index (κ1) is 27.9. The molecule has 0 spiro atoms. The number of nitrogens with zero attached hydrogens (tertiary/aromatic N) is 5. The van der Waals surface area contributed by atoms with Gasteiger partial charge in [-0.25, -0.2) is 13.8 Å². The molecule has 1 fully saturated rings. The number of aryl methyl sites for hydroxylation is 1. The standard InChI is InChI=1S/C29H31BrF2N6O2/c1-18(2)29(17-38-15-24(35-36-38)19-12-22(31)28(33)23(32)13-19)10-5-11-37(16-29)27(39)9-8-26-34-14-25(40-26)20-6-3-4-7-21(20)30/h3-4,6-7,12-15,18H,5,8-11,16-17,33H2,1-2H3. The molecule has 0 radical (unpaired) electrons. The predicted octanol–water partition coefficient (Wildman–Crippen LogP) is 6.12. The van der Waals surface area contributed by atoms with Crippen molar-refractivity contribution < 1.29 is 18.0 Å². The molecule has 11 heteroatoms. The third-order valence-electron chi connectivity index (χ3n) is 7.82. The van der Waals surface area contributed by atoms with Crippen LogP contribution in [0, 0.1) is 23.0 Å². The first-order valence-corrected chi connectivity index (χ1v) is 14.1. The van der Waals surface area contributed by atoms with Gasteiger partial charge < -0.3 is 15.1 Å². The maximum Gasteiger partial charge on any atom is 0.223 e. The van der Waals surface area contributed by atoms with Crippen LogP contribution in [-0.4, -0.2) is 43.9 Å². The second-order valence-electron chi connectivity index (χ2n) is 10.7. The van der Waals surface area contributed by atoms with Crippen molar-refractivity contribution in [2.45, 2.75) is 46.1 Å². The van der Waals surface area contributed by atoms with Crippen LogP contribution in [0.1, 0.15) is 39.0 Å². The molecule has 2 aromatic heterocycles. The molecular weight excluding hydrogens is 582 g/mol. The van der Waals surface area contributed by atoms with Crippen LogP contribution in [0.3, 0.4) is 0 Å². The van der Waals surface area contributed by atoms with E-state index in [-0.39, 0.29) is 22.8 Å². The summed E-state index contributed by atoms with van der Waals surface area (Å²) >= 11 is 3.53. The van der Waals surface area contributed by atoms with Crippen LogP contribution in [0.25, 0.3) is 22.6 Å². The first-order valence-electron chi connectivity index (χ1n) is 13.3. The number of nitrogens with two attached hydrogens (primary N) is 1. The smallest absolute Gasteiger partial charge is 0.223 e. The van der Waals surface area contributed by atoms with Gasteiger partial charge in [-0.2, -0.15) is 0 Å². The molecule has 0 bridgehead atoms. The first-order chi connectivity index (χ1) is 19.1. The molecule has 8 nitrogen and oxygen atoms in total. The fourth-order valence-electron chi connectivity index (χ4n) is 5.30. The van der Waals surface area contributed by atoms with E-state index in [2.05, 4.69) is 45.1 Å². The highest BCUT2D eigenvalue weighted by Gasteiger charge is 2.40. The van der Waals surface area contributed by atoms with Crippen molar-refractivity contribution in [3.63, 3.8) is 0 Å². The van der Waals surface area contributed by atoms with Crippen molar-refractivity contribution in [2.24, 2.45) is 11.3 Å². The lowest BCUT2D eigenvalue weighted by molar-refractivity contribution is -0.136. The lowest BCUT2D eigenvalue weighted by atomic mass is 9.71. The monoisotopic (exact) mass is 612 g/mol. The zero-order chi connectivity index (χ0) is 28.4. The number of halogens is 3. The van der Waals surface area contributed by atoms with Crippen molar-refractivity contribution in [3.05, 3.63) is 70.8 Å². The van der Waals surface area contributed by atoms with Gasteiger partial charge >= 0.3 is 0 Å². The lowest BCUT2D eigenvalue weighted by Gasteiger charge is -2.45. The largest absolute Gasteiger partial charge is 0.441 e. The molecule has 4 aromatic rings.